The molecule has 1 aliphatic heterocycles. The summed E-state index contributed by atoms with van der Waals surface area (Å²) in [4.78, 5) is 60.8. The number of carboxylic acids is 1. The Bertz CT molecular complexity index is 1870. The van der Waals surface area contributed by atoms with E-state index < -0.39 is 64.9 Å². The second kappa shape index (κ2) is 15.2. The van der Waals surface area contributed by atoms with E-state index in [0.717, 1.165) is 37.7 Å². The smallest absolute Gasteiger partial charge is 0.330 e. The second-order valence-electron chi connectivity index (χ2n) is 15.7. The van der Waals surface area contributed by atoms with E-state index in [9.17, 15) is 29.4 Å². The molecular formula is C41H50N4O8. The lowest BCUT2D eigenvalue weighted by Crippen LogP contribution is -2.60. The number of aliphatic carboxylic acids is 1. The van der Waals surface area contributed by atoms with Crippen molar-refractivity contribution in [3.8, 4) is 22.8 Å². The number of methoxy groups -OCH3 is 1. The van der Waals surface area contributed by atoms with Crippen molar-refractivity contribution in [3.05, 3.63) is 67.3 Å². The van der Waals surface area contributed by atoms with Gasteiger partial charge < -0.3 is 35.2 Å². The molecule has 6 rings (SSSR count). The van der Waals surface area contributed by atoms with Crippen LogP contribution in [0, 0.1) is 17.3 Å². The van der Waals surface area contributed by atoms with Crippen molar-refractivity contribution in [3.63, 3.8) is 0 Å². The lowest BCUT2D eigenvalue weighted by Gasteiger charge is -2.36. The number of pyridine rings is 1. The summed E-state index contributed by atoms with van der Waals surface area (Å²) < 4.78 is 12.1. The summed E-state index contributed by atoms with van der Waals surface area (Å²) in [6.07, 6.45) is 4.18. The first kappa shape index (κ1) is 37.8. The van der Waals surface area contributed by atoms with Crippen LogP contribution in [0.3, 0.4) is 0 Å². The van der Waals surface area contributed by atoms with E-state index in [-0.39, 0.29) is 25.3 Å². The van der Waals surface area contributed by atoms with Crippen LogP contribution >= 0.6 is 0 Å². The molecule has 4 N–H and O–H groups in total. The molecule has 12 nitrogen and oxygen atoms in total. The van der Waals surface area contributed by atoms with Crippen molar-refractivity contribution in [2.75, 3.05) is 13.7 Å². The number of hydrogen-bond donors (Lipinski definition) is 4. The number of carbonyl (C=O) groups excluding carboxylic acids is 3. The highest BCUT2D eigenvalue weighted by Crippen LogP contribution is 2.45. The van der Waals surface area contributed by atoms with Gasteiger partial charge in [0.15, 0.2) is 0 Å². The summed E-state index contributed by atoms with van der Waals surface area (Å²) >= 11 is 0. The predicted octanol–water partition coefficient (Wildman–Crippen LogP) is 4.88. The third-order valence-electron chi connectivity index (χ3n) is 11.0. The van der Waals surface area contributed by atoms with Gasteiger partial charge in [-0.1, -0.05) is 76.4 Å². The molecule has 282 valence electrons. The van der Waals surface area contributed by atoms with Gasteiger partial charge in [0.1, 0.15) is 41.3 Å². The zero-order valence-electron chi connectivity index (χ0n) is 30.8. The van der Waals surface area contributed by atoms with E-state index in [4.69, 9.17) is 14.5 Å². The maximum atomic E-state index is 14.6. The first-order valence-electron chi connectivity index (χ1n) is 18.4. The number of nitrogens with one attached hydrogen (secondary N) is 2. The fourth-order valence-electron chi connectivity index (χ4n) is 7.74. The number of benzene rings is 2. The maximum Gasteiger partial charge on any atom is 0.330 e. The van der Waals surface area contributed by atoms with Crippen LogP contribution in [0.25, 0.3) is 22.2 Å². The Hall–Kier alpha value is -4.97. The molecule has 53 heavy (non-hydrogen) atoms. The summed E-state index contributed by atoms with van der Waals surface area (Å²) in [6.45, 7) is 9.13. The van der Waals surface area contributed by atoms with Gasteiger partial charge in [-0.15, -0.1) is 6.58 Å². The van der Waals surface area contributed by atoms with Crippen molar-refractivity contribution >= 4 is 34.6 Å². The van der Waals surface area contributed by atoms with Crippen molar-refractivity contribution in [1.29, 1.82) is 0 Å². The molecule has 1 aromatic heterocycles. The van der Waals surface area contributed by atoms with Gasteiger partial charge in [-0.2, -0.15) is 0 Å². The Morgan fingerprint density at radius 2 is 1.77 bits per heavy atom. The third-order valence-corrected chi connectivity index (χ3v) is 11.0. The fraction of sp³-hybridized carbons (Fsp3) is 0.488. The molecule has 2 saturated carbocycles. The molecule has 3 fully saturated rings. The van der Waals surface area contributed by atoms with E-state index in [1.165, 1.54) is 11.0 Å². The van der Waals surface area contributed by atoms with Crippen LogP contribution < -0.4 is 20.1 Å². The molecule has 3 amide bonds. The molecule has 0 radical (unpaired) electrons. The molecule has 0 spiro atoms. The molecule has 0 bridgehead atoms. The van der Waals surface area contributed by atoms with Gasteiger partial charge >= 0.3 is 5.97 Å². The number of aromatic nitrogens is 1. The quantitative estimate of drug-likeness (QED) is 0.190. The minimum Gasteiger partial charge on any atom is -0.497 e. The number of hydrogen-bond acceptors (Lipinski definition) is 8. The highest BCUT2D eigenvalue weighted by molar-refractivity contribution is 5.97. The third kappa shape index (κ3) is 7.88. The molecule has 2 heterocycles. The Balaban J connectivity index is 1.33. The highest BCUT2D eigenvalue weighted by atomic mass is 16.5. The van der Waals surface area contributed by atoms with Gasteiger partial charge in [0, 0.05) is 35.4 Å². The number of carbonyl (C=O) groups is 4. The van der Waals surface area contributed by atoms with Crippen LogP contribution in [0.4, 0.5) is 0 Å². The van der Waals surface area contributed by atoms with Crippen LogP contribution in [-0.2, 0) is 19.2 Å². The monoisotopic (exact) mass is 726 g/mol. The van der Waals surface area contributed by atoms with E-state index in [0.29, 0.717) is 28.1 Å². The molecule has 2 aromatic carbocycles. The molecular weight excluding hydrogens is 676 g/mol. The van der Waals surface area contributed by atoms with Crippen LogP contribution in [0.15, 0.2) is 67.3 Å². The molecule has 1 unspecified atom stereocenters. The number of carboxylic acid groups (broad SMARTS) is 1. The normalized spacial score (nSPS) is 24.2. The predicted molar refractivity (Wildman–Crippen MR) is 199 cm³/mol. The van der Waals surface area contributed by atoms with E-state index >= 15 is 0 Å². The average molecular weight is 727 g/mol. The van der Waals surface area contributed by atoms with Crippen molar-refractivity contribution in [1.82, 2.24) is 20.5 Å². The molecule has 3 aliphatic rings. The number of fused-ring (bicyclic) bond motifs is 1. The minimum absolute atomic E-state index is 0.0177. The number of aliphatic hydroxyl groups excluding tert-OH is 1. The lowest BCUT2D eigenvalue weighted by molar-refractivity contribution is -0.148. The van der Waals surface area contributed by atoms with Crippen molar-refractivity contribution < 1.29 is 38.9 Å². The summed E-state index contributed by atoms with van der Waals surface area (Å²) in [7, 11) is 1.58. The number of ether oxygens (including phenoxy) is 2. The minimum atomic E-state index is -1.51. The Morgan fingerprint density at radius 3 is 2.40 bits per heavy atom. The zero-order chi connectivity index (χ0) is 38.1. The zero-order valence-corrected chi connectivity index (χ0v) is 30.8. The van der Waals surface area contributed by atoms with Crippen molar-refractivity contribution in [2.24, 2.45) is 17.3 Å². The Labute approximate surface area is 309 Å². The first-order chi connectivity index (χ1) is 25.2. The van der Waals surface area contributed by atoms with E-state index in [2.05, 4.69) is 17.2 Å². The standard InChI is InChI=1S/C41H50N4O8/c1-6-26-22-41(26,39(50)51)44-36(47)32-20-28(23-45(32)38(49)35(40(2,3)4)43-37(48)34(46)25-15-11-8-12-16-25)53-33-21-30(24-13-9-7-10-14-24)42-31-19-27(52-5)17-18-29(31)33/h6-7,9-10,13-14,17-19,21,25-26,28,32,34-35,46H,1,8,11-12,15-16,20,22-23H2,2-5H3,(H,43,48)(H,44,47)(H,50,51)/t26-,28+,32-,34-,35+,41?/m0/s1. The molecule has 1 saturated heterocycles. The van der Waals surface area contributed by atoms with Crippen LogP contribution in [-0.4, -0.2) is 87.3 Å². The van der Waals surface area contributed by atoms with E-state index in [1.807, 2.05) is 69.3 Å². The number of nitrogens with zero attached hydrogens (tertiary/aromatic N) is 2. The first-order valence-corrected chi connectivity index (χ1v) is 18.4. The summed E-state index contributed by atoms with van der Waals surface area (Å²) in [5.74, 6) is -2.51. The fourth-order valence-corrected chi connectivity index (χ4v) is 7.74. The number of aliphatic hydroxyl groups is 1. The van der Waals surface area contributed by atoms with Crippen LogP contribution in [0.2, 0.25) is 0 Å². The van der Waals surface area contributed by atoms with Crippen molar-refractivity contribution in [2.45, 2.75) is 95.5 Å². The summed E-state index contributed by atoms with van der Waals surface area (Å²) in [5.41, 5.74) is -0.181. The average Bonchev–Trinajstić information content (AvgIpc) is 3.72. The number of likely N-dealkylation sites (tertiary alicyclic amines) is 1. The van der Waals surface area contributed by atoms with Gasteiger partial charge in [-0.25, -0.2) is 9.78 Å². The second-order valence-corrected chi connectivity index (χ2v) is 15.7. The van der Waals surface area contributed by atoms with Crippen LogP contribution in [0.5, 0.6) is 11.5 Å². The van der Waals surface area contributed by atoms with Gasteiger partial charge in [-0.3, -0.25) is 14.4 Å². The number of rotatable bonds is 12. The van der Waals surface area contributed by atoms with Gasteiger partial charge in [-0.05, 0) is 42.7 Å². The Morgan fingerprint density at radius 1 is 1.06 bits per heavy atom. The largest absolute Gasteiger partial charge is 0.497 e. The lowest BCUT2D eigenvalue weighted by atomic mass is 9.83. The van der Waals surface area contributed by atoms with Gasteiger partial charge in [0.2, 0.25) is 17.7 Å². The Kier molecular flexibility index (Phi) is 10.8. The van der Waals surface area contributed by atoms with Crippen LogP contribution in [0.1, 0.15) is 65.7 Å². The number of amides is 3. The molecule has 6 atom stereocenters. The van der Waals surface area contributed by atoms with Gasteiger partial charge in [0.25, 0.3) is 0 Å². The molecule has 3 aromatic rings. The summed E-state index contributed by atoms with van der Waals surface area (Å²) in [5, 5.41) is 27.3. The molecule has 2 aliphatic carbocycles. The van der Waals surface area contributed by atoms with E-state index in [1.54, 1.807) is 13.2 Å². The van der Waals surface area contributed by atoms with Gasteiger partial charge in [0.05, 0.1) is 24.9 Å². The molecule has 12 heteroatoms. The topological polar surface area (TPSA) is 167 Å². The SMILES string of the molecule is C=C[C@H]1CC1(NC(=O)[C@@H]1C[C@@H](Oc2cc(-c3ccccc3)nc3cc(OC)ccc23)CN1C(=O)[C@@H](NC(=O)[C@@H](O)C1CCCCC1)C(C)(C)C)C(=O)O. The summed E-state index contributed by atoms with van der Waals surface area (Å²) in [6, 6.07) is 14.7. The highest BCUT2D eigenvalue weighted by Gasteiger charge is 2.61. The maximum absolute atomic E-state index is 14.6.